The largest absolute Gasteiger partial charge is 0.583 e. The first kappa shape index (κ1) is 19.0. The molecule has 19 heavy (non-hydrogen) atoms. The maximum atomic E-state index is 5.60. The van der Waals surface area contributed by atoms with E-state index in [1.165, 1.54) is 0 Å². The fraction of sp³-hybridized carbons (Fsp3) is 1.00. The van der Waals surface area contributed by atoms with Gasteiger partial charge in [0.25, 0.3) is 0 Å². The first-order chi connectivity index (χ1) is 9.03. The van der Waals surface area contributed by atoms with E-state index in [0.717, 1.165) is 0 Å². The van der Waals surface area contributed by atoms with Crippen LogP contribution in [0.2, 0.25) is 0 Å². The van der Waals surface area contributed by atoms with Crippen molar-refractivity contribution >= 4 is 9.53 Å². The van der Waals surface area contributed by atoms with Gasteiger partial charge in [-0.1, -0.05) is 0 Å². The van der Waals surface area contributed by atoms with Crippen LogP contribution in [0.3, 0.4) is 0 Å². The molecule has 3 atom stereocenters. The zero-order valence-corrected chi connectivity index (χ0v) is 13.8. The van der Waals surface area contributed by atoms with Crippen LogP contribution in [0.4, 0.5) is 0 Å². The lowest BCUT2D eigenvalue weighted by Gasteiger charge is -2.24. The SMILES string of the molecule is CCOC(C)O[Si](OC(C)OCC)OC(C)OCC. The Morgan fingerprint density at radius 1 is 0.632 bits per heavy atom. The Morgan fingerprint density at radius 3 is 1.11 bits per heavy atom. The summed E-state index contributed by atoms with van der Waals surface area (Å²) in [4.78, 5) is 0. The predicted octanol–water partition coefficient (Wildman–Crippen LogP) is 2.17. The van der Waals surface area contributed by atoms with Crippen LogP contribution >= 0.6 is 0 Å². The van der Waals surface area contributed by atoms with Crippen molar-refractivity contribution in [2.45, 2.75) is 60.4 Å². The summed E-state index contributed by atoms with van der Waals surface area (Å²) in [5.41, 5.74) is 0. The van der Waals surface area contributed by atoms with Crippen LogP contribution in [0.15, 0.2) is 0 Å². The Balaban J connectivity index is 4.28. The van der Waals surface area contributed by atoms with E-state index in [9.17, 15) is 0 Å². The maximum Gasteiger partial charge on any atom is 0.583 e. The van der Waals surface area contributed by atoms with E-state index >= 15 is 0 Å². The summed E-state index contributed by atoms with van der Waals surface area (Å²) < 4.78 is 32.8. The van der Waals surface area contributed by atoms with Gasteiger partial charge in [0.1, 0.15) is 18.9 Å². The molecule has 0 aromatic heterocycles. The monoisotopic (exact) mass is 295 g/mol. The lowest BCUT2D eigenvalue weighted by Crippen LogP contribution is -2.38. The minimum Gasteiger partial charge on any atom is -0.354 e. The third kappa shape index (κ3) is 10.4. The molecule has 0 N–H and O–H groups in total. The quantitative estimate of drug-likeness (QED) is 0.406. The summed E-state index contributed by atoms with van der Waals surface area (Å²) in [6.45, 7) is 12.8. The van der Waals surface area contributed by atoms with E-state index in [1.807, 2.05) is 20.8 Å². The molecule has 0 saturated heterocycles. The molecule has 1 radical (unpaired) electrons. The fourth-order valence-corrected chi connectivity index (χ4v) is 2.48. The highest BCUT2D eigenvalue weighted by molar-refractivity contribution is 6.36. The topological polar surface area (TPSA) is 55.4 Å². The molecule has 0 bridgehead atoms. The molecule has 3 unspecified atom stereocenters. The second kappa shape index (κ2) is 11.8. The lowest BCUT2D eigenvalue weighted by atomic mass is 10.7. The molecule has 7 heteroatoms. The van der Waals surface area contributed by atoms with Gasteiger partial charge in [-0.3, -0.25) is 0 Å². The van der Waals surface area contributed by atoms with Crippen molar-refractivity contribution in [2.75, 3.05) is 19.8 Å². The average molecular weight is 295 g/mol. The van der Waals surface area contributed by atoms with Gasteiger partial charge in [-0.25, -0.2) is 0 Å². The summed E-state index contributed by atoms with van der Waals surface area (Å²) in [6, 6.07) is 0. The van der Waals surface area contributed by atoms with Crippen LogP contribution in [-0.4, -0.2) is 48.2 Å². The van der Waals surface area contributed by atoms with E-state index < -0.39 is 9.53 Å². The van der Waals surface area contributed by atoms with Gasteiger partial charge in [0, 0.05) is 19.8 Å². The fourth-order valence-electron chi connectivity index (χ4n) is 1.30. The Morgan fingerprint density at radius 2 is 0.895 bits per heavy atom. The number of rotatable bonds is 12. The van der Waals surface area contributed by atoms with Crippen LogP contribution in [0.25, 0.3) is 0 Å². The molecule has 115 valence electrons. The van der Waals surface area contributed by atoms with Gasteiger partial charge < -0.3 is 27.5 Å². The lowest BCUT2D eigenvalue weighted by molar-refractivity contribution is -0.161. The second-order valence-electron chi connectivity index (χ2n) is 3.67. The van der Waals surface area contributed by atoms with Crippen molar-refractivity contribution < 1.29 is 27.5 Å². The standard InChI is InChI=1S/C12H27O6Si/c1-7-13-10(4)16-19(17-11(5)14-8-2)18-12(6)15-9-3/h10-12H,7-9H2,1-6H3. The van der Waals surface area contributed by atoms with E-state index in [0.29, 0.717) is 19.8 Å². The molecular weight excluding hydrogens is 268 g/mol. The first-order valence-electron chi connectivity index (χ1n) is 6.75. The summed E-state index contributed by atoms with van der Waals surface area (Å²) in [5, 5.41) is 0. The molecule has 0 amide bonds. The molecule has 0 spiro atoms. The predicted molar refractivity (Wildman–Crippen MR) is 72.3 cm³/mol. The smallest absolute Gasteiger partial charge is 0.354 e. The highest BCUT2D eigenvalue weighted by Gasteiger charge is 2.28. The van der Waals surface area contributed by atoms with E-state index in [-0.39, 0.29) is 18.9 Å². The Kier molecular flexibility index (Phi) is 11.8. The van der Waals surface area contributed by atoms with E-state index in [4.69, 9.17) is 27.5 Å². The molecule has 6 nitrogen and oxygen atoms in total. The van der Waals surface area contributed by atoms with Gasteiger partial charge in [0.05, 0.1) is 0 Å². The van der Waals surface area contributed by atoms with Gasteiger partial charge in [0.15, 0.2) is 0 Å². The molecule has 0 aliphatic carbocycles. The van der Waals surface area contributed by atoms with Gasteiger partial charge in [-0.15, -0.1) is 0 Å². The van der Waals surface area contributed by atoms with Crippen LogP contribution < -0.4 is 0 Å². The summed E-state index contributed by atoms with van der Waals surface area (Å²) in [6.07, 6.45) is -1.16. The summed E-state index contributed by atoms with van der Waals surface area (Å²) in [7, 11) is -1.98. The molecule has 0 heterocycles. The molecule has 0 fully saturated rings. The second-order valence-corrected chi connectivity index (χ2v) is 4.88. The van der Waals surface area contributed by atoms with Crippen LogP contribution in [0, 0.1) is 0 Å². The zero-order chi connectivity index (χ0) is 14.7. The minimum atomic E-state index is -1.98. The number of ether oxygens (including phenoxy) is 3. The van der Waals surface area contributed by atoms with Gasteiger partial charge in [0.2, 0.25) is 0 Å². The van der Waals surface area contributed by atoms with Crippen LogP contribution in [0.1, 0.15) is 41.5 Å². The normalized spacial score (nSPS) is 16.6. The van der Waals surface area contributed by atoms with E-state index in [2.05, 4.69) is 0 Å². The third-order valence-electron chi connectivity index (χ3n) is 1.99. The highest BCUT2D eigenvalue weighted by Crippen LogP contribution is 2.08. The van der Waals surface area contributed by atoms with Crippen molar-refractivity contribution in [1.29, 1.82) is 0 Å². The van der Waals surface area contributed by atoms with Crippen molar-refractivity contribution in [2.24, 2.45) is 0 Å². The van der Waals surface area contributed by atoms with E-state index in [1.54, 1.807) is 20.8 Å². The molecule has 0 saturated carbocycles. The number of hydrogen-bond donors (Lipinski definition) is 0. The van der Waals surface area contributed by atoms with Gasteiger partial charge in [-0.2, -0.15) is 0 Å². The van der Waals surface area contributed by atoms with Crippen LogP contribution in [-0.2, 0) is 27.5 Å². The molecule has 0 aromatic carbocycles. The Bertz CT molecular complexity index is 173. The molecule has 0 aliphatic heterocycles. The molecular formula is C12H27O6Si. The highest BCUT2D eigenvalue weighted by atomic mass is 28.3. The number of hydrogen-bond acceptors (Lipinski definition) is 6. The van der Waals surface area contributed by atoms with Crippen molar-refractivity contribution in [3.63, 3.8) is 0 Å². The van der Waals surface area contributed by atoms with Gasteiger partial charge >= 0.3 is 9.53 Å². The molecule has 0 aliphatic rings. The molecule has 0 rings (SSSR count). The Hall–Kier alpha value is -0.0231. The van der Waals surface area contributed by atoms with Crippen molar-refractivity contribution in [3.05, 3.63) is 0 Å². The molecule has 0 aromatic rings. The maximum absolute atomic E-state index is 5.60. The summed E-state index contributed by atoms with van der Waals surface area (Å²) >= 11 is 0. The summed E-state index contributed by atoms with van der Waals surface area (Å²) in [5.74, 6) is 0. The van der Waals surface area contributed by atoms with Crippen molar-refractivity contribution in [3.8, 4) is 0 Å². The third-order valence-corrected chi connectivity index (χ3v) is 3.56. The van der Waals surface area contributed by atoms with Crippen molar-refractivity contribution in [1.82, 2.24) is 0 Å². The minimum absolute atomic E-state index is 0.387. The van der Waals surface area contributed by atoms with Crippen LogP contribution in [0.5, 0.6) is 0 Å². The first-order valence-corrected chi connectivity index (χ1v) is 7.97. The zero-order valence-electron chi connectivity index (χ0n) is 12.8. The Labute approximate surface area is 118 Å². The average Bonchev–Trinajstić information content (AvgIpc) is 2.29. The van der Waals surface area contributed by atoms with Gasteiger partial charge in [-0.05, 0) is 41.5 Å².